The predicted molar refractivity (Wildman–Crippen MR) is 107 cm³/mol. The Labute approximate surface area is 174 Å². The number of nitrogens with one attached hydrogen (secondary N) is 3. The van der Waals surface area contributed by atoms with E-state index >= 15 is 0 Å². The summed E-state index contributed by atoms with van der Waals surface area (Å²) in [5.41, 5.74) is -0.449. The molecule has 1 aliphatic heterocycles. The Morgan fingerprint density at radius 3 is 2.72 bits per heavy atom. The van der Waals surface area contributed by atoms with Crippen LogP contribution in [0.2, 0.25) is 5.02 Å². The Morgan fingerprint density at radius 1 is 1.28 bits per heavy atom. The second-order valence-electron chi connectivity index (χ2n) is 8.46. The number of carbonyl (C=O) groups excluding carboxylic acids is 2. The Kier molecular flexibility index (Phi) is 5.53. The third kappa shape index (κ3) is 4.56. The van der Waals surface area contributed by atoms with E-state index in [1.165, 1.54) is 12.1 Å². The third-order valence-electron chi connectivity index (χ3n) is 5.94. The monoisotopic (exact) mass is 421 g/mol. The van der Waals surface area contributed by atoms with Crippen molar-refractivity contribution in [3.8, 4) is 5.75 Å². The van der Waals surface area contributed by atoms with Crippen LogP contribution in [0.4, 0.5) is 4.39 Å². The molecule has 3 N–H and O–H groups in total. The SMILES string of the molecule is O=C(/C=C/C1CCCNC1)NC12CC(NC(=O)COc3ccc(Cl)c(F)c3)(C1)C2. The zero-order valence-corrected chi connectivity index (χ0v) is 16.9. The number of benzene rings is 1. The molecule has 5 rings (SSSR count). The van der Waals surface area contributed by atoms with E-state index < -0.39 is 5.82 Å². The standard InChI is InChI=1S/C21H25ClFN3O3/c22-16-5-4-15(8-17(16)23)29-10-19(28)26-21-11-20(12-21,13-21)25-18(27)6-3-14-2-1-7-24-9-14/h3-6,8,14,24H,1-2,7,9-13H2,(H,25,27)(H,26,28)/b6-3+. The van der Waals surface area contributed by atoms with Gasteiger partial charge in [0.15, 0.2) is 6.61 Å². The van der Waals surface area contributed by atoms with Gasteiger partial charge in [-0.05, 0) is 62.8 Å². The fraction of sp³-hybridized carbons (Fsp3) is 0.524. The van der Waals surface area contributed by atoms with Crippen molar-refractivity contribution in [2.45, 2.75) is 43.2 Å². The maximum absolute atomic E-state index is 13.4. The van der Waals surface area contributed by atoms with Gasteiger partial charge in [-0.3, -0.25) is 9.59 Å². The molecule has 3 saturated carbocycles. The Balaban J connectivity index is 1.17. The van der Waals surface area contributed by atoms with Gasteiger partial charge in [-0.2, -0.15) is 0 Å². The lowest BCUT2D eigenvalue weighted by Crippen LogP contribution is -2.83. The van der Waals surface area contributed by atoms with E-state index in [1.54, 1.807) is 6.08 Å². The highest BCUT2D eigenvalue weighted by Crippen LogP contribution is 2.60. The van der Waals surface area contributed by atoms with Crippen LogP contribution in [0.25, 0.3) is 0 Å². The molecule has 2 bridgehead atoms. The molecule has 4 aliphatic rings. The Morgan fingerprint density at radius 2 is 2.03 bits per heavy atom. The van der Waals surface area contributed by atoms with Crippen molar-refractivity contribution in [2.24, 2.45) is 5.92 Å². The highest BCUT2D eigenvalue weighted by Gasteiger charge is 2.69. The van der Waals surface area contributed by atoms with Crippen LogP contribution in [-0.2, 0) is 9.59 Å². The average Bonchev–Trinajstić information content (AvgIpc) is 2.65. The van der Waals surface area contributed by atoms with Gasteiger partial charge in [0.1, 0.15) is 11.6 Å². The van der Waals surface area contributed by atoms with Gasteiger partial charge in [0.25, 0.3) is 5.91 Å². The van der Waals surface area contributed by atoms with Gasteiger partial charge < -0.3 is 20.7 Å². The van der Waals surface area contributed by atoms with Crippen LogP contribution in [0.5, 0.6) is 5.75 Å². The summed E-state index contributed by atoms with van der Waals surface area (Å²) in [5, 5.41) is 9.39. The molecule has 1 atom stereocenters. The largest absolute Gasteiger partial charge is 0.484 e. The van der Waals surface area contributed by atoms with Crippen molar-refractivity contribution in [1.29, 1.82) is 0 Å². The van der Waals surface area contributed by atoms with Crippen LogP contribution in [0.1, 0.15) is 32.1 Å². The number of carbonyl (C=O) groups is 2. The first-order valence-electron chi connectivity index (χ1n) is 9.97. The summed E-state index contributed by atoms with van der Waals surface area (Å²) in [4.78, 5) is 24.3. The van der Waals surface area contributed by atoms with Crippen LogP contribution in [-0.4, -0.2) is 42.6 Å². The molecular weight excluding hydrogens is 397 g/mol. The molecule has 2 amide bonds. The molecule has 6 nitrogen and oxygen atoms in total. The van der Waals surface area contributed by atoms with E-state index in [0.29, 0.717) is 5.92 Å². The molecule has 8 heteroatoms. The zero-order valence-electron chi connectivity index (χ0n) is 16.1. The number of piperidine rings is 1. The highest BCUT2D eigenvalue weighted by atomic mass is 35.5. The van der Waals surface area contributed by atoms with E-state index in [0.717, 1.165) is 51.3 Å². The van der Waals surface area contributed by atoms with Crippen LogP contribution in [0, 0.1) is 11.7 Å². The van der Waals surface area contributed by atoms with Crippen LogP contribution in [0.3, 0.4) is 0 Å². The molecule has 0 aromatic heterocycles. The van der Waals surface area contributed by atoms with Crippen molar-refractivity contribution < 1.29 is 18.7 Å². The van der Waals surface area contributed by atoms with Gasteiger partial charge in [-0.25, -0.2) is 4.39 Å². The molecule has 0 spiro atoms. The second kappa shape index (κ2) is 7.95. The van der Waals surface area contributed by atoms with Crippen molar-refractivity contribution >= 4 is 23.4 Å². The molecule has 1 aromatic carbocycles. The van der Waals surface area contributed by atoms with Gasteiger partial charge in [0, 0.05) is 23.7 Å². The molecule has 29 heavy (non-hydrogen) atoms. The van der Waals surface area contributed by atoms with E-state index in [-0.39, 0.29) is 40.3 Å². The summed E-state index contributed by atoms with van der Waals surface area (Å²) in [5.74, 6) is -0.242. The Hall–Kier alpha value is -2.12. The van der Waals surface area contributed by atoms with Gasteiger partial charge >= 0.3 is 0 Å². The van der Waals surface area contributed by atoms with Crippen LogP contribution < -0.4 is 20.7 Å². The lowest BCUT2D eigenvalue weighted by molar-refractivity contribution is -0.148. The number of halogens is 2. The summed E-state index contributed by atoms with van der Waals surface area (Å²) >= 11 is 5.62. The lowest BCUT2D eigenvalue weighted by atomic mass is 9.44. The molecule has 156 valence electrons. The fourth-order valence-electron chi connectivity index (χ4n) is 4.67. The summed E-state index contributed by atoms with van der Waals surface area (Å²) in [6.45, 7) is 1.78. The van der Waals surface area contributed by atoms with Crippen molar-refractivity contribution in [3.05, 3.63) is 41.2 Å². The van der Waals surface area contributed by atoms with Crippen molar-refractivity contribution in [1.82, 2.24) is 16.0 Å². The number of hydrogen-bond donors (Lipinski definition) is 3. The summed E-state index contributed by atoms with van der Waals surface area (Å²) in [6, 6.07) is 4.05. The first-order chi connectivity index (χ1) is 13.9. The van der Waals surface area contributed by atoms with E-state index in [9.17, 15) is 14.0 Å². The first-order valence-corrected chi connectivity index (χ1v) is 10.3. The normalized spacial score (nSPS) is 30.2. The highest BCUT2D eigenvalue weighted by molar-refractivity contribution is 6.30. The minimum absolute atomic E-state index is 0.00765. The summed E-state index contributed by atoms with van der Waals surface area (Å²) in [6.07, 6.45) is 8.06. The molecule has 1 saturated heterocycles. The molecule has 1 aromatic rings. The van der Waals surface area contributed by atoms with Gasteiger partial charge in [0.05, 0.1) is 5.02 Å². The fourth-order valence-corrected chi connectivity index (χ4v) is 4.79. The van der Waals surface area contributed by atoms with Gasteiger partial charge in [-0.15, -0.1) is 0 Å². The van der Waals surface area contributed by atoms with Gasteiger partial charge in [-0.1, -0.05) is 17.7 Å². The van der Waals surface area contributed by atoms with E-state index in [2.05, 4.69) is 16.0 Å². The minimum Gasteiger partial charge on any atom is -0.484 e. The molecule has 1 unspecified atom stereocenters. The minimum atomic E-state index is -0.588. The molecule has 0 radical (unpaired) electrons. The quantitative estimate of drug-likeness (QED) is 0.590. The summed E-state index contributed by atoms with van der Waals surface area (Å²) in [7, 11) is 0. The lowest BCUT2D eigenvalue weighted by Gasteiger charge is -2.70. The molecular formula is C21H25ClFN3O3. The van der Waals surface area contributed by atoms with Gasteiger partial charge in [0.2, 0.25) is 5.91 Å². The second-order valence-corrected chi connectivity index (χ2v) is 8.87. The van der Waals surface area contributed by atoms with E-state index in [4.69, 9.17) is 16.3 Å². The number of hydrogen-bond acceptors (Lipinski definition) is 4. The van der Waals surface area contributed by atoms with E-state index in [1.807, 2.05) is 6.08 Å². The molecule has 3 aliphatic carbocycles. The number of ether oxygens (including phenoxy) is 1. The average molecular weight is 422 g/mol. The number of amides is 2. The smallest absolute Gasteiger partial charge is 0.258 e. The molecule has 4 fully saturated rings. The maximum Gasteiger partial charge on any atom is 0.258 e. The maximum atomic E-state index is 13.4. The van der Waals surface area contributed by atoms with Crippen molar-refractivity contribution in [2.75, 3.05) is 19.7 Å². The van der Waals surface area contributed by atoms with Crippen LogP contribution >= 0.6 is 11.6 Å². The third-order valence-corrected chi connectivity index (χ3v) is 6.25. The topological polar surface area (TPSA) is 79.5 Å². The predicted octanol–water partition coefficient (Wildman–Crippen LogP) is 2.32. The Bertz CT molecular complexity index is 819. The number of rotatable bonds is 7. The zero-order chi connectivity index (χ0) is 20.5. The summed E-state index contributed by atoms with van der Waals surface area (Å²) < 4.78 is 18.7. The van der Waals surface area contributed by atoms with Crippen molar-refractivity contribution in [3.63, 3.8) is 0 Å². The molecule has 1 heterocycles. The van der Waals surface area contributed by atoms with Crippen LogP contribution in [0.15, 0.2) is 30.4 Å². The first kappa shape index (κ1) is 20.2.